The molecule has 1 heterocycles. The molecule has 1 aromatic heterocycles. The van der Waals surface area contributed by atoms with Gasteiger partial charge in [0.05, 0.1) is 5.56 Å². The van der Waals surface area contributed by atoms with E-state index >= 15 is 0 Å². The Bertz CT molecular complexity index is 549. The molecule has 1 aliphatic carbocycles. The third-order valence-corrected chi connectivity index (χ3v) is 5.18. The van der Waals surface area contributed by atoms with Crippen molar-refractivity contribution in [1.82, 2.24) is 5.32 Å². The monoisotopic (exact) mass is 322 g/mol. The quantitative estimate of drug-likeness (QED) is 0.784. The maximum atomic E-state index is 12.6. The summed E-state index contributed by atoms with van der Waals surface area (Å²) < 4.78 is 0. The van der Waals surface area contributed by atoms with Gasteiger partial charge in [-0.25, -0.2) is 0 Å². The molecule has 4 nitrogen and oxygen atoms in total. The van der Waals surface area contributed by atoms with Crippen molar-refractivity contribution >= 4 is 28.2 Å². The van der Waals surface area contributed by atoms with Gasteiger partial charge < -0.3 is 10.6 Å². The molecular formula is C17H26N2O2S. The Kier molecular flexibility index (Phi) is 6.00. The zero-order valence-corrected chi connectivity index (χ0v) is 14.6. The van der Waals surface area contributed by atoms with E-state index in [0.29, 0.717) is 12.1 Å². The third-order valence-electron chi connectivity index (χ3n) is 3.98. The number of rotatable bonds is 6. The molecule has 0 unspecified atom stereocenters. The SMILES string of the molecule is CCCCNC(=O)c1c(NC(=O)C(C)C)sc2c1CCCC2. The van der Waals surface area contributed by atoms with E-state index in [2.05, 4.69) is 17.6 Å². The number of hydrogen-bond donors (Lipinski definition) is 2. The minimum Gasteiger partial charge on any atom is -0.352 e. The molecule has 1 aliphatic rings. The smallest absolute Gasteiger partial charge is 0.254 e. The van der Waals surface area contributed by atoms with Crippen molar-refractivity contribution < 1.29 is 9.59 Å². The van der Waals surface area contributed by atoms with Gasteiger partial charge in [0.1, 0.15) is 5.00 Å². The Morgan fingerprint density at radius 3 is 2.64 bits per heavy atom. The highest BCUT2D eigenvalue weighted by Gasteiger charge is 2.26. The van der Waals surface area contributed by atoms with E-state index in [9.17, 15) is 9.59 Å². The van der Waals surface area contributed by atoms with E-state index in [0.717, 1.165) is 42.7 Å². The average molecular weight is 322 g/mol. The van der Waals surface area contributed by atoms with Crippen LogP contribution in [-0.2, 0) is 17.6 Å². The van der Waals surface area contributed by atoms with E-state index in [-0.39, 0.29) is 17.7 Å². The molecule has 0 spiro atoms. The zero-order chi connectivity index (χ0) is 16.1. The number of carbonyl (C=O) groups excluding carboxylic acids is 2. The lowest BCUT2D eigenvalue weighted by atomic mass is 9.95. The summed E-state index contributed by atoms with van der Waals surface area (Å²) in [6.07, 6.45) is 6.29. The molecule has 5 heteroatoms. The number of fused-ring (bicyclic) bond motifs is 1. The summed E-state index contributed by atoms with van der Waals surface area (Å²) in [7, 11) is 0. The molecule has 0 aliphatic heterocycles. The summed E-state index contributed by atoms with van der Waals surface area (Å²) in [5.74, 6) is -0.150. The van der Waals surface area contributed by atoms with E-state index in [1.807, 2.05) is 13.8 Å². The van der Waals surface area contributed by atoms with Crippen molar-refractivity contribution in [3.63, 3.8) is 0 Å². The van der Waals surface area contributed by atoms with E-state index < -0.39 is 0 Å². The van der Waals surface area contributed by atoms with Crippen LogP contribution in [0.3, 0.4) is 0 Å². The summed E-state index contributed by atoms with van der Waals surface area (Å²) >= 11 is 1.58. The first-order chi connectivity index (χ1) is 10.5. The van der Waals surface area contributed by atoms with Crippen molar-refractivity contribution in [2.45, 2.75) is 59.3 Å². The molecule has 0 atom stereocenters. The number of aryl methyl sites for hydroxylation is 1. The zero-order valence-electron chi connectivity index (χ0n) is 13.8. The van der Waals surface area contributed by atoms with Gasteiger partial charge in [0.15, 0.2) is 0 Å². The number of unbranched alkanes of at least 4 members (excludes halogenated alkanes) is 1. The molecule has 22 heavy (non-hydrogen) atoms. The Morgan fingerprint density at radius 2 is 1.95 bits per heavy atom. The molecule has 2 rings (SSSR count). The highest BCUT2D eigenvalue weighted by molar-refractivity contribution is 7.17. The van der Waals surface area contributed by atoms with Crippen LogP contribution in [-0.4, -0.2) is 18.4 Å². The fraction of sp³-hybridized carbons (Fsp3) is 0.647. The molecule has 122 valence electrons. The van der Waals surface area contributed by atoms with Crippen LogP contribution >= 0.6 is 11.3 Å². The fourth-order valence-electron chi connectivity index (χ4n) is 2.62. The van der Waals surface area contributed by atoms with Gasteiger partial charge in [0.2, 0.25) is 5.91 Å². The van der Waals surface area contributed by atoms with Crippen LogP contribution in [0.25, 0.3) is 0 Å². The lowest BCUT2D eigenvalue weighted by Gasteiger charge is -2.13. The van der Waals surface area contributed by atoms with Gasteiger partial charge in [-0.15, -0.1) is 11.3 Å². The topological polar surface area (TPSA) is 58.2 Å². The van der Waals surface area contributed by atoms with Crippen LogP contribution in [0.2, 0.25) is 0 Å². The first-order valence-corrected chi connectivity index (χ1v) is 9.09. The molecule has 0 saturated heterocycles. The van der Waals surface area contributed by atoms with Crippen LogP contribution in [0.15, 0.2) is 0 Å². The molecule has 1 aromatic rings. The van der Waals surface area contributed by atoms with Crippen LogP contribution in [0.4, 0.5) is 5.00 Å². The van der Waals surface area contributed by atoms with Crippen LogP contribution in [0, 0.1) is 5.92 Å². The number of anilines is 1. The lowest BCUT2D eigenvalue weighted by Crippen LogP contribution is -2.27. The van der Waals surface area contributed by atoms with Crippen LogP contribution in [0.1, 0.15) is 67.3 Å². The normalized spacial score (nSPS) is 13.8. The van der Waals surface area contributed by atoms with Crippen molar-refractivity contribution in [1.29, 1.82) is 0 Å². The van der Waals surface area contributed by atoms with Crippen molar-refractivity contribution in [3.8, 4) is 0 Å². The van der Waals surface area contributed by atoms with E-state index in [1.165, 1.54) is 11.3 Å². The Hall–Kier alpha value is -1.36. The van der Waals surface area contributed by atoms with Crippen molar-refractivity contribution in [2.75, 3.05) is 11.9 Å². The van der Waals surface area contributed by atoms with Gasteiger partial charge >= 0.3 is 0 Å². The molecule has 0 fully saturated rings. The molecular weight excluding hydrogens is 296 g/mol. The maximum absolute atomic E-state index is 12.6. The second-order valence-electron chi connectivity index (χ2n) is 6.17. The standard InChI is InChI=1S/C17H26N2O2S/c1-4-5-10-18-16(21)14-12-8-6-7-9-13(12)22-17(14)19-15(20)11(2)3/h11H,4-10H2,1-3H3,(H,18,21)(H,19,20). The second-order valence-corrected chi connectivity index (χ2v) is 7.27. The Labute approximate surface area is 136 Å². The molecule has 0 bridgehead atoms. The average Bonchev–Trinajstić information content (AvgIpc) is 2.85. The first-order valence-electron chi connectivity index (χ1n) is 8.28. The molecule has 0 radical (unpaired) electrons. The maximum Gasteiger partial charge on any atom is 0.254 e. The van der Waals surface area contributed by atoms with Gasteiger partial charge in [-0.2, -0.15) is 0 Å². The number of hydrogen-bond acceptors (Lipinski definition) is 3. The van der Waals surface area contributed by atoms with Crippen molar-refractivity contribution in [2.24, 2.45) is 5.92 Å². The Morgan fingerprint density at radius 1 is 1.23 bits per heavy atom. The summed E-state index contributed by atoms with van der Waals surface area (Å²) in [5, 5.41) is 6.69. The summed E-state index contributed by atoms with van der Waals surface area (Å²) in [6, 6.07) is 0. The van der Waals surface area contributed by atoms with Gasteiger partial charge in [-0.3, -0.25) is 9.59 Å². The number of amides is 2. The number of thiophene rings is 1. The second kappa shape index (κ2) is 7.77. The Balaban J connectivity index is 2.25. The van der Waals surface area contributed by atoms with Gasteiger partial charge in [0.25, 0.3) is 5.91 Å². The van der Waals surface area contributed by atoms with Crippen molar-refractivity contribution in [3.05, 3.63) is 16.0 Å². The highest BCUT2D eigenvalue weighted by Crippen LogP contribution is 2.38. The molecule has 2 amide bonds. The van der Waals surface area contributed by atoms with Gasteiger partial charge in [-0.05, 0) is 37.7 Å². The summed E-state index contributed by atoms with van der Waals surface area (Å²) in [5.41, 5.74) is 1.87. The lowest BCUT2D eigenvalue weighted by molar-refractivity contribution is -0.118. The van der Waals surface area contributed by atoms with Gasteiger partial charge in [-0.1, -0.05) is 27.2 Å². The number of carbonyl (C=O) groups is 2. The molecule has 0 aromatic carbocycles. The van der Waals surface area contributed by atoms with E-state index in [4.69, 9.17) is 0 Å². The van der Waals surface area contributed by atoms with Crippen LogP contribution in [0.5, 0.6) is 0 Å². The minimum absolute atomic E-state index is 0.0267. The number of nitrogens with one attached hydrogen (secondary N) is 2. The minimum atomic E-state index is -0.0878. The van der Waals surface area contributed by atoms with E-state index in [1.54, 1.807) is 11.3 Å². The first kappa shape index (κ1) is 17.0. The predicted octanol–water partition coefficient (Wildman–Crippen LogP) is 3.75. The molecule has 2 N–H and O–H groups in total. The highest BCUT2D eigenvalue weighted by atomic mass is 32.1. The van der Waals surface area contributed by atoms with Crippen LogP contribution < -0.4 is 10.6 Å². The fourth-order valence-corrected chi connectivity index (χ4v) is 3.91. The summed E-state index contributed by atoms with van der Waals surface area (Å²) in [6.45, 7) is 6.53. The largest absolute Gasteiger partial charge is 0.352 e. The van der Waals surface area contributed by atoms with Gasteiger partial charge in [0, 0.05) is 17.3 Å². The third kappa shape index (κ3) is 3.88. The summed E-state index contributed by atoms with van der Waals surface area (Å²) in [4.78, 5) is 25.9. The predicted molar refractivity (Wildman–Crippen MR) is 91.7 cm³/mol. The molecule has 0 saturated carbocycles.